The van der Waals surface area contributed by atoms with Gasteiger partial charge in [0.2, 0.25) is 0 Å². The molecule has 3 aromatic rings. The van der Waals surface area contributed by atoms with E-state index in [1.165, 1.54) is 0 Å². The lowest BCUT2D eigenvalue weighted by Gasteiger charge is -2.35. The van der Waals surface area contributed by atoms with E-state index in [9.17, 15) is 4.79 Å². The molecule has 0 bridgehead atoms. The van der Waals surface area contributed by atoms with E-state index >= 15 is 0 Å². The number of aromatic nitrogens is 1. The first-order chi connectivity index (χ1) is 13.2. The minimum Gasteiger partial charge on any atom is -0.497 e. The van der Waals surface area contributed by atoms with Crippen molar-refractivity contribution in [2.75, 3.05) is 30.4 Å². The number of nitrogens with zero attached hydrogens (tertiary/aromatic N) is 1. The molecule has 0 radical (unpaired) electrons. The summed E-state index contributed by atoms with van der Waals surface area (Å²) >= 11 is 0. The van der Waals surface area contributed by atoms with Crippen molar-refractivity contribution >= 4 is 28.2 Å². The van der Waals surface area contributed by atoms with E-state index in [1.54, 1.807) is 7.11 Å². The second-order valence-corrected chi connectivity index (χ2v) is 6.92. The molecule has 0 aliphatic carbocycles. The number of rotatable bonds is 5. The third-order valence-corrected chi connectivity index (χ3v) is 5.19. The molecule has 6 heteroatoms. The van der Waals surface area contributed by atoms with Crippen LogP contribution in [-0.2, 0) is 0 Å². The van der Waals surface area contributed by atoms with Crippen LogP contribution in [0.4, 0.5) is 11.4 Å². The number of hydrogen-bond acceptors (Lipinski definition) is 4. The number of carbonyl (C=O) groups excluding carboxylic acids is 1. The van der Waals surface area contributed by atoms with E-state index in [2.05, 4.69) is 15.2 Å². The largest absolute Gasteiger partial charge is 0.497 e. The molecule has 140 valence electrons. The van der Waals surface area contributed by atoms with Crippen molar-refractivity contribution in [3.05, 3.63) is 54.2 Å². The van der Waals surface area contributed by atoms with Crippen LogP contribution < -0.4 is 20.7 Å². The Bertz CT molecular complexity index is 948. The fourth-order valence-corrected chi connectivity index (χ4v) is 3.86. The van der Waals surface area contributed by atoms with Gasteiger partial charge < -0.3 is 25.7 Å². The maximum atomic E-state index is 11.7. The highest BCUT2D eigenvalue weighted by molar-refractivity contribution is 6.08. The van der Waals surface area contributed by atoms with E-state index in [0.717, 1.165) is 54.0 Å². The predicted octanol–water partition coefficient (Wildman–Crippen LogP) is 3.36. The summed E-state index contributed by atoms with van der Waals surface area (Å²) in [4.78, 5) is 17.2. The zero-order chi connectivity index (χ0) is 18.8. The summed E-state index contributed by atoms with van der Waals surface area (Å²) in [6.45, 7) is 1.90. The predicted molar refractivity (Wildman–Crippen MR) is 109 cm³/mol. The van der Waals surface area contributed by atoms with Crippen molar-refractivity contribution in [1.29, 1.82) is 0 Å². The summed E-state index contributed by atoms with van der Waals surface area (Å²) in [6.07, 6.45) is 4.09. The second kappa shape index (κ2) is 7.23. The first-order valence-electron chi connectivity index (χ1n) is 9.21. The summed E-state index contributed by atoms with van der Waals surface area (Å²) in [6, 6.07) is 14.2. The van der Waals surface area contributed by atoms with Gasteiger partial charge in [-0.2, -0.15) is 0 Å². The highest BCUT2D eigenvalue weighted by Crippen LogP contribution is 2.31. The van der Waals surface area contributed by atoms with Crippen LogP contribution in [0.5, 0.6) is 5.75 Å². The van der Waals surface area contributed by atoms with E-state index in [-0.39, 0.29) is 0 Å². The molecule has 1 unspecified atom stereocenters. The molecule has 4 N–H and O–H groups in total. The van der Waals surface area contributed by atoms with Gasteiger partial charge in [0.05, 0.1) is 18.2 Å². The van der Waals surface area contributed by atoms with Gasteiger partial charge in [-0.1, -0.05) is 0 Å². The molecule has 2 aromatic carbocycles. The summed E-state index contributed by atoms with van der Waals surface area (Å²) in [5, 5.41) is 4.66. The van der Waals surface area contributed by atoms with Crippen LogP contribution in [0.15, 0.2) is 48.7 Å². The molecule has 1 saturated heterocycles. The molecule has 1 aromatic heterocycles. The third kappa shape index (κ3) is 3.43. The molecule has 4 rings (SSSR count). The number of nitrogens with one attached hydrogen (secondary N) is 2. The summed E-state index contributed by atoms with van der Waals surface area (Å²) in [7, 11) is 1.67. The molecule has 0 saturated carbocycles. The van der Waals surface area contributed by atoms with Gasteiger partial charge in [-0.05, 0) is 55.3 Å². The number of hydrogen-bond donors (Lipinski definition) is 3. The van der Waals surface area contributed by atoms with Crippen LogP contribution in [0.3, 0.4) is 0 Å². The molecule has 6 nitrogen and oxygen atoms in total. The van der Waals surface area contributed by atoms with Gasteiger partial charge in [0.1, 0.15) is 5.75 Å². The van der Waals surface area contributed by atoms with Crippen molar-refractivity contribution in [2.45, 2.75) is 18.9 Å². The molecule has 1 atom stereocenters. The maximum Gasteiger partial charge on any atom is 0.250 e. The quantitative estimate of drug-likeness (QED) is 0.648. The highest BCUT2D eigenvalue weighted by Gasteiger charge is 2.22. The monoisotopic (exact) mass is 364 g/mol. The van der Waals surface area contributed by atoms with Crippen LogP contribution in [0.1, 0.15) is 23.2 Å². The molecule has 0 spiro atoms. The van der Waals surface area contributed by atoms with E-state index < -0.39 is 5.91 Å². The minimum atomic E-state index is -0.410. The molecule has 1 fully saturated rings. The first kappa shape index (κ1) is 17.3. The Morgan fingerprint density at radius 3 is 2.78 bits per heavy atom. The van der Waals surface area contributed by atoms with Gasteiger partial charge in [0, 0.05) is 42.1 Å². The number of piperidine rings is 1. The number of ether oxygens (including phenoxy) is 1. The van der Waals surface area contributed by atoms with E-state index in [0.29, 0.717) is 11.6 Å². The highest BCUT2D eigenvalue weighted by atomic mass is 16.5. The van der Waals surface area contributed by atoms with Crippen molar-refractivity contribution in [3.63, 3.8) is 0 Å². The van der Waals surface area contributed by atoms with Crippen LogP contribution in [0.25, 0.3) is 10.9 Å². The van der Waals surface area contributed by atoms with Crippen molar-refractivity contribution < 1.29 is 9.53 Å². The molecule has 1 amide bonds. The Balaban J connectivity index is 1.54. The van der Waals surface area contributed by atoms with E-state index in [1.807, 2.05) is 48.7 Å². The smallest absolute Gasteiger partial charge is 0.250 e. The number of amides is 1. The number of methoxy groups -OCH3 is 1. The Labute approximate surface area is 158 Å². The van der Waals surface area contributed by atoms with Gasteiger partial charge in [-0.3, -0.25) is 4.79 Å². The van der Waals surface area contributed by atoms with Gasteiger partial charge in [-0.25, -0.2) is 0 Å². The number of benzene rings is 2. The average molecular weight is 364 g/mol. The number of aromatic amines is 1. The molecular formula is C21H24N4O2. The van der Waals surface area contributed by atoms with Crippen LogP contribution in [0.2, 0.25) is 0 Å². The fourth-order valence-electron chi connectivity index (χ4n) is 3.86. The number of anilines is 2. The number of carbonyl (C=O) groups is 1. The van der Waals surface area contributed by atoms with Gasteiger partial charge in [0.15, 0.2) is 0 Å². The van der Waals surface area contributed by atoms with E-state index in [4.69, 9.17) is 10.5 Å². The topological polar surface area (TPSA) is 83.4 Å². The molecule has 1 aliphatic rings. The molecule has 2 heterocycles. The lowest BCUT2D eigenvalue weighted by Crippen LogP contribution is -2.42. The lowest BCUT2D eigenvalue weighted by molar-refractivity contribution is 0.100. The summed E-state index contributed by atoms with van der Waals surface area (Å²) in [5.41, 5.74) is 9.08. The fraction of sp³-hybridized carbons (Fsp3) is 0.286. The normalized spacial score (nSPS) is 17.1. The van der Waals surface area contributed by atoms with Crippen molar-refractivity contribution in [2.24, 2.45) is 5.73 Å². The Hall–Kier alpha value is -3.15. The number of nitrogens with two attached hydrogens (primary N) is 1. The Morgan fingerprint density at radius 1 is 1.22 bits per heavy atom. The molecular weight excluding hydrogens is 340 g/mol. The lowest BCUT2D eigenvalue weighted by atomic mass is 10.0. The van der Waals surface area contributed by atoms with Gasteiger partial charge in [0.25, 0.3) is 5.91 Å². The van der Waals surface area contributed by atoms with Crippen molar-refractivity contribution in [3.8, 4) is 5.75 Å². The standard InChI is InChI=1S/C21H24N4O2/c1-27-16-6-4-14(5-7-16)24-15-3-2-12-25(13-15)19-9-8-18(21(22)26)20-17(19)10-11-23-20/h4-11,15,23-24H,2-3,12-13H2,1H3,(H2,22,26). The summed E-state index contributed by atoms with van der Waals surface area (Å²) < 4.78 is 5.22. The van der Waals surface area contributed by atoms with Gasteiger partial charge >= 0.3 is 0 Å². The first-order valence-corrected chi connectivity index (χ1v) is 9.21. The van der Waals surface area contributed by atoms with Crippen LogP contribution >= 0.6 is 0 Å². The number of fused-ring (bicyclic) bond motifs is 1. The Morgan fingerprint density at radius 2 is 2.04 bits per heavy atom. The van der Waals surface area contributed by atoms with Gasteiger partial charge in [-0.15, -0.1) is 0 Å². The Kier molecular flexibility index (Phi) is 4.62. The maximum absolute atomic E-state index is 11.7. The molecule has 27 heavy (non-hydrogen) atoms. The third-order valence-electron chi connectivity index (χ3n) is 5.19. The summed E-state index contributed by atoms with van der Waals surface area (Å²) in [5.74, 6) is 0.446. The minimum absolute atomic E-state index is 0.358. The van der Waals surface area contributed by atoms with Crippen molar-refractivity contribution in [1.82, 2.24) is 4.98 Å². The average Bonchev–Trinajstić information content (AvgIpc) is 3.17. The van der Waals surface area contributed by atoms with Crippen LogP contribution in [0, 0.1) is 0 Å². The van der Waals surface area contributed by atoms with Crippen LogP contribution in [-0.4, -0.2) is 37.1 Å². The number of H-pyrrole nitrogens is 1. The molecule has 1 aliphatic heterocycles. The SMILES string of the molecule is COc1ccc(NC2CCCN(c3ccc(C(N)=O)c4[nH]ccc34)C2)cc1. The number of primary amides is 1. The zero-order valence-corrected chi connectivity index (χ0v) is 15.4. The zero-order valence-electron chi connectivity index (χ0n) is 15.4. The second-order valence-electron chi connectivity index (χ2n) is 6.92.